The van der Waals surface area contributed by atoms with Crippen molar-refractivity contribution in [2.75, 3.05) is 141 Å². The van der Waals surface area contributed by atoms with E-state index in [0.717, 1.165) is 90.7 Å². The van der Waals surface area contributed by atoms with E-state index in [1.54, 1.807) is 44.4 Å². The van der Waals surface area contributed by atoms with Crippen molar-refractivity contribution in [3.8, 4) is 17.2 Å². The molecular weight excluding hydrogens is 1540 g/mol. The zero-order valence-corrected chi connectivity index (χ0v) is 63.7. The number of hydrogen-bond acceptors (Lipinski definition) is 32. The molecule has 600 valence electrons. The number of aromatic nitrogens is 11. The van der Waals surface area contributed by atoms with Crippen molar-refractivity contribution in [1.82, 2.24) is 54.8 Å². The molecular formula is C70H78F3N23O16P2. The summed E-state index contributed by atoms with van der Waals surface area (Å²) in [4.78, 5) is 129. The second-order valence-electron chi connectivity index (χ2n) is 27.4. The van der Waals surface area contributed by atoms with E-state index in [-0.39, 0.29) is 87.6 Å². The number of pyridine rings is 5. The van der Waals surface area contributed by atoms with Gasteiger partial charge >= 0.3 is 15.6 Å². The summed E-state index contributed by atoms with van der Waals surface area (Å²) in [5.41, 5.74) is -0.590. The molecule has 114 heavy (non-hydrogen) atoms. The second-order valence-corrected chi connectivity index (χ2v) is 29.8. The Morgan fingerprint density at radius 3 is 1.23 bits per heavy atom. The second kappa shape index (κ2) is 33.8. The largest absolute Gasteiger partial charge is 0.474 e. The summed E-state index contributed by atoms with van der Waals surface area (Å²) in [6.45, 7) is 15.5. The van der Waals surface area contributed by atoms with Crippen molar-refractivity contribution in [2.24, 2.45) is 0 Å². The lowest BCUT2D eigenvalue weighted by Gasteiger charge is -2.37. The summed E-state index contributed by atoms with van der Waals surface area (Å²) < 4.78 is 103. The Morgan fingerprint density at radius 1 is 0.439 bits per heavy atom. The monoisotopic (exact) mass is 1620 g/mol. The van der Waals surface area contributed by atoms with E-state index in [1.807, 2.05) is 42.5 Å². The fourth-order valence-electron chi connectivity index (χ4n) is 11.9. The topological polar surface area (TPSA) is 473 Å². The molecule has 3 fully saturated rings. The lowest BCUT2D eigenvalue weighted by molar-refractivity contribution is -0.134. The third-order valence-electron chi connectivity index (χ3n) is 17.6. The van der Waals surface area contributed by atoms with Gasteiger partial charge in [0.15, 0.2) is 86.4 Å². The number of nitrogens with zero attached hydrogens (tertiary/aromatic N) is 16. The van der Waals surface area contributed by atoms with E-state index in [1.165, 1.54) is 71.2 Å². The molecule has 0 aliphatic carbocycles. The van der Waals surface area contributed by atoms with Crippen molar-refractivity contribution in [3.63, 3.8) is 0 Å². The number of carbonyl (C=O) groups is 3. The molecule has 1 aromatic carbocycles. The van der Waals surface area contributed by atoms with Crippen LogP contribution in [0.25, 0.3) is 0 Å². The van der Waals surface area contributed by atoms with Gasteiger partial charge in [0.1, 0.15) is 42.6 Å². The minimum atomic E-state index is -4.89. The molecule has 3 saturated heterocycles. The summed E-state index contributed by atoms with van der Waals surface area (Å²) in [5.74, 6) is -0.919. The van der Waals surface area contributed by atoms with Crippen LogP contribution in [-0.2, 0) is 42.0 Å². The highest BCUT2D eigenvalue weighted by atomic mass is 31.2. The molecule has 6 aliphatic rings. The Hall–Kier alpha value is -11.9. The van der Waals surface area contributed by atoms with Crippen LogP contribution < -0.4 is 75.9 Å². The van der Waals surface area contributed by atoms with E-state index >= 15 is 0 Å². The highest BCUT2D eigenvalue weighted by Gasteiger charge is 2.45. The van der Waals surface area contributed by atoms with Crippen LogP contribution in [0.2, 0.25) is 0 Å². The highest BCUT2D eigenvalue weighted by Crippen LogP contribution is 2.44. The van der Waals surface area contributed by atoms with Gasteiger partial charge in [-0.1, -0.05) is 0 Å². The van der Waals surface area contributed by atoms with Crippen LogP contribution in [0.1, 0.15) is 60.8 Å². The van der Waals surface area contributed by atoms with E-state index in [4.69, 9.17) is 43.3 Å². The fourth-order valence-corrected chi connectivity index (χ4v) is 12.4. The minimum absolute atomic E-state index is 0.0654. The number of anilines is 18. The van der Waals surface area contributed by atoms with Gasteiger partial charge in [-0.2, -0.15) is 15.0 Å². The van der Waals surface area contributed by atoms with Gasteiger partial charge in [0.05, 0.1) is 68.8 Å². The zero-order chi connectivity index (χ0) is 80.7. The number of fused-ring (bicyclic) bond motifs is 3. The average Bonchev–Trinajstić information content (AvgIpc) is 0.723. The van der Waals surface area contributed by atoms with E-state index in [2.05, 4.69) is 116 Å². The first-order chi connectivity index (χ1) is 54.3. The van der Waals surface area contributed by atoms with Crippen LogP contribution in [0, 0.1) is 17.5 Å². The molecule has 3 amide bonds. The normalized spacial score (nSPS) is 16.8. The summed E-state index contributed by atoms with van der Waals surface area (Å²) in [5, 5.41) is 20.0. The molecule has 0 spiro atoms. The van der Waals surface area contributed by atoms with Gasteiger partial charge in [-0.15, -0.1) is 0 Å². The number of halogens is 3. The predicted molar refractivity (Wildman–Crippen MR) is 409 cm³/mol. The van der Waals surface area contributed by atoms with Gasteiger partial charge in [0, 0.05) is 50.6 Å². The predicted octanol–water partition coefficient (Wildman–Crippen LogP) is 9.20. The molecule has 8 aromatic heterocycles. The summed E-state index contributed by atoms with van der Waals surface area (Å²) in [7, 11) is -9.78. The van der Waals surface area contributed by atoms with Gasteiger partial charge in [-0.05, 0) is 146 Å². The van der Waals surface area contributed by atoms with Gasteiger partial charge < -0.3 is 95.2 Å². The van der Waals surface area contributed by atoms with Crippen molar-refractivity contribution in [3.05, 3.63) is 133 Å². The Balaban J connectivity index is 0.000000150. The lowest BCUT2D eigenvalue weighted by atomic mass is 10.1. The molecule has 44 heteroatoms. The van der Waals surface area contributed by atoms with Crippen LogP contribution >= 0.6 is 15.6 Å². The Bertz CT molecular complexity index is 4890. The van der Waals surface area contributed by atoms with E-state index in [9.17, 15) is 36.7 Å². The lowest BCUT2D eigenvalue weighted by Crippen LogP contribution is -2.53. The third-order valence-corrected chi connectivity index (χ3v) is 18.6. The van der Waals surface area contributed by atoms with Crippen LogP contribution in [0.5, 0.6) is 17.2 Å². The molecule has 14 heterocycles. The van der Waals surface area contributed by atoms with Crippen molar-refractivity contribution in [1.29, 1.82) is 0 Å². The third kappa shape index (κ3) is 20.1. The number of morpholine rings is 2. The number of phosphoric ester groups is 2. The zero-order valence-electron chi connectivity index (χ0n) is 61.9. The molecule has 9 aromatic rings. The first-order valence-electron chi connectivity index (χ1n) is 35.4. The number of phosphoric acid groups is 2. The summed E-state index contributed by atoms with van der Waals surface area (Å²) >= 11 is 0. The van der Waals surface area contributed by atoms with E-state index in [0.29, 0.717) is 43.6 Å². The number of rotatable bonds is 21. The van der Waals surface area contributed by atoms with Crippen LogP contribution in [0.3, 0.4) is 0 Å². The van der Waals surface area contributed by atoms with Crippen LogP contribution in [0.4, 0.5) is 118 Å². The molecule has 0 unspecified atom stereocenters. The number of benzene rings is 1. The molecule has 11 N–H and O–H groups in total. The maximum Gasteiger partial charge on any atom is 0.471 e. The van der Waals surface area contributed by atoms with Gasteiger partial charge in [-0.25, -0.2) is 62.2 Å². The number of nitrogens with one attached hydrogen (secondary N) is 7. The standard InChI is InChI=1S/C25H29FN7O6P.C23H26FN8O7P.C22H23FN8O3/c1-25(2)23(34)33(15-38-40(35,36)37)22-19(39-25)10-11-20(30-22)29-21-18(26)14-27-24(31-21)28-16-6-8-17(9-7-16)32-12-4-3-5-13-32;1-23(2)21(33)32(13-38-40(34,35)36)20-16(39-23)4-5-17(29-20)28-19-15(24)12-26-22(30-19)27-14-3-6-18(25-11-14)31-7-9-37-10-8-31;1-22(2)20(32)29-19-15(34-22)4-5-16(28-19)27-18-14(23)12-25-21(30-18)26-13-3-6-17(24-11-13)31-7-9-33-10-8-31/h6-11,14H,3-5,12-13,15H2,1-2H3,(H2,35,36,37)(H2,27,28,29,30,31);3-6,11-12H,7-10,13H2,1-2H3,(H2,34,35,36)(H2,26,27,28,29,30);3-6,11-12H,7-10H2,1-2H3,(H3,25,26,27,28,29,30,32). The molecule has 0 radical (unpaired) electrons. The van der Waals surface area contributed by atoms with E-state index < -0.39 is 75.2 Å². The Morgan fingerprint density at radius 2 is 0.825 bits per heavy atom. The molecule has 0 bridgehead atoms. The highest BCUT2D eigenvalue weighted by molar-refractivity contribution is 7.46. The number of carbonyl (C=O) groups excluding carboxylic acids is 3. The molecule has 0 atom stereocenters. The van der Waals surface area contributed by atoms with Gasteiger partial charge in [0.25, 0.3) is 17.7 Å². The molecule has 15 rings (SSSR count). The molecule has 39 nitrogen and oxygen atoms in total. The SMILES string of the molecule is CC1(C)Oc2ccc(Nc3nc(Nc4ccc(N5CCCCC5)cc4)ncc3F)nc2N(COP(=O)(O)O)C1=O.CC1(C)Oc2ccc(Nc3nc(Nc4ccc(N5CCOCC5)nc4)ncc3F)nc2N(COP(=O)(O)O)C1=O.CC1(C)Oc2ccc(Nc3nc(Nc4ccc(N5CCOCC5)nc4)ncc3F)nc2NC1=O. The number of ether oxygens (including phenoxy) is 5. The summed E-state index contributed by atoms with van der Waals surface area (Å²) in [6.07, 6.45) is 9.93. The van der Waals surface area contributed by atoms with Crippen molar-refractivity contribution >= 4 is 138 Å². The number of hydrogen-bond donors (Lipinski definition) is 11. The molecule has 6 aliphatic heterocycles. The van der Waals surface area contributed by atoms with Crippen LogP contribution in [-0.4, -0.2) is 188 Å². The number of piperidine rings is 1. The maximum atomic E-state index is 14.6. The van der Waals surface area contributed by atoms with Gasteiger partial charge in [-0.3, -0.25) is 33.2 Å². The number of amides is 3. The minimum Gasteiger partial charge on any atom is -0.474 e. The maximum absolute atomic E-state index is 14.6. The average molecular weight is 1620 g/mol. The first-order valence-corrected chi connectivity index (χ1v) is 38.5. The van der Waals surface area contributed by atoms with Crippen LogP contribution in [0.15, 0.2) is 116 Å². The van der Waals surface area contributed by atoms with Crippen molar-refractivity contribution < 1.29 is 89.0 Å². The van der Waals surface area contributed by atoms with Gasteiger partial charge in [0.2, 0.25) is 17.8 Å². The molecule has 0 saturated carbocycles. The smallest absolute Gasteiger partial charge is 0.471 e. The fraction of sp³-hybridized carbons (Fsp3) is 0.343. The first kappa shape index (κ1) is 80.2. The van der Waals surface area contributed by atoms with Crippen molar-refractivity contribution in [2.45, 2.75) is 77.6 Å². The Labute approximate surface area is 648 Å². The quantitative estimate of drug-likeness (QED) is 0.0298. The summed E-state index contributed by atoms with van der Waals surface area (Å²) in [6, 6.07) is 24.4. The Kier molecular flexibility index (Phi) is 23.8.